The van der Waals surface area contributed by atoms with Crippen molar-refractivity contribution in [2.45, 2.75) is 35.8 Å². The zero-order chi connectivity index (χ0) is 19.2. The SMILES string of the molecule is O[C@@H](CO[C@H]1CCCc2ccccc21)CSc1nnc(Nc2ccccc2)s1. The van der Waals surface area contributed by atoms with E-state index in [0.717, 1.165) is 34.4 Å². The molecule has 0 fully saturated rings. The second-order valence-electron chi connectivity index (χ2n) is 6.74. The van der Waals surface area contributed by atoms with Gasteiger partial charge in [-0.2, -0.15) is 0 Å². The molecule has 1 aliphatic carbocycles. The number of aromatic nitrogens is 2. The van der Waals surface area contributed by atoms with E-state index < -0.39 is 6.10 Å². The van der Waals surface area contributed by atoms with Crippen LogP contribution in [-0.2, 0) is 11.2 Å². The molecule has 5 nitrogen and oxygen atoms in total. The average Bonchev–Trinajstić information content (AvgIpc) is 3.18. The third kappa shape index (κ3) is 5.11. The molecule has 0 spiro atoms. The lowest BCUT2D eigenvalue weighted by Crippen LogP contribution is -2.22. The summed E-state index contributed by atoms with van der Waals surface area (Å²) in [4.78, 5) is 0. The molecule has 0 amide bonds. The first-order chi connectivity index (χ1) is 13.8. The highest BCUT2D eigenvalue weighted by atomic mass is 32.2. The minimum Gasteiger partial charge on any atom is -0.390 e. The van der Waals surface area contributed by atoms with Crippen molar-refractivity contribution in [1.29, 1.82) is 0 Å². The molecule has 0 saturated heterocycles. The fourth-order valence-electron chi connectivity index (χ4n) is 3.29. The maximum atomic E-state index is 10.3. The van der Waals surface area contributed by atoms with Gasteiger partial charge in [0.15, 0.2) is 4.34 Å². The molecule has 28 heavy (non-hydrogen) atoms. The maximum absolute atomic E-state index is 10.3. The van der Waals surface area contributed by atoms with Gasteiger partial charge in [-0.1, -0.05) is 65.6 Å². The number of anilines is 2. The largest absolute Gasteiger partial charge is 0.390 e. The Morgan fingerprint density at radius 1 is 1.14 bits per heavy atom. The smallest absolute Gasteiger partial charge is 0.210 e. The van der Waals surface area contributed by atoms with Crippen molar-refractivity contribution in [1.82, 2.24) is 10.2 Å². The van der Waals surface area contributed by atoms with E-state index in [1.54, 1.807) is 0 Å². The summed E-state index contributed by atoms with van der Waals surface area (Å²) >= 11 is 2.99. The van der Waals surface area contributed by atoms with Crippen LogP contribution in [0.25, 0.3) is 0 Å². The molecule has 1 aliphatic rings. The molecule has 146 valence electrons. The lowest BCUT2D eigenvalue weighted by molar-refractivity contribution is -0.00959. The van der Waals surface area contributed by atoms with Crippen molar-refractivity contribution in [3.63, 3.8) is 0 Å². The highest BCUT2D eigenvalue weighted by Gasteiger charge is 2.21. The van der Waals surface area contributed by atoms with Crippen LogP contribution < -0.4 is 5.32 Å². The molecule has 1 heterocycles. The zero-order valence-corrected chi connectivity index (χ0v) is 17.1. The van der Waals surface area contributed by atoms with Crippen LogP contribution >= 0.6 is 23.1 Å². The number of para-hydroxylation sites is 1. The normalized spacial score (nSPS) is 17.1. The number of nitrogens with one attached hydrogen (secondary N) is 1. The number of aliphatic hydroxyl groups is 1. The van der Waals surface area contributed by atoms with Gasteiger partial charge in [0.25, 0.3) is 0 Å². The molecule has 1 aromatic heterocycles. The Balaban J connectivity index is 1.24. The van der Waals surface area contributed by atoms with Crippen LogP contribution in [0.2, 0.25) is 0 Å². The van der Waals surface area contributed by atoms with Gasteiger partial charge in [0.05, 0.1) is 18.8 Å². The monoisotopic (exact) mass is 413 g/mol. The van der Waals surface area contributed by atoms with Crippen LogP contribution in [-0.4, -0.2) is 33.8 Å². The number of ether oxygens (including phenoxy) is 1. The molecule has 2 N–H and O–H groups in total. The zero-order valence-electron chi connectivity index (χ0n) is 15.5. The number of thioether (sulfide) groups is 1. The van der Waals surface area contributed by atoms with Crippen molar-refractivity contribution in [3.8, 4) is 0 Å². The molecule has 0 saturated carbocycles. The Morgan fingerprint density at radius 3 is 2.86 bits per heavy atom. The summed E-state index contributed by atoms with van der Waals surface area (Å²) in [6.07, 6.45) is 2.82. The van der Waals surface area contributed by atoms with Gasteiger partial charge in [-0.25, -0.2) is 0 Å². The summed E-state index contributed by atoms with van der Waals surface area (Å²) in [7, 11) is 0. The predicted octanol–water partition coefficient (Wildman–Crippen LogP) is 4.83. The van der Waals surface area contributed by atoms with Crippen LogP contribution in [0.4, 0.5) is 10.8 Å². The quantitative estimate of drug-likeness (QED) is 0.516. The highest BCUT2D eigenvalue weighted by molar-refractivity contribution is 8.01. The Bertz CT molecular complexity index is 888. The lowest BCUT2D eigenvalue weighted by atomic mass is 9.89. The third-order valence-corrected chi connectivity index (χ3v) is 6.75. The van der Waals surface area contributed by atoms with Crippen molar-refractivity contribution >= 4 is 33.9 Å². The van der Waals surface area contributed by atoms with Crippen molar-refractivity contribution < 1.29 is 9.84 Å². The number of benzene rings is 2. The summed E-state index contributed by atoms with van der Waals surface area (Å²) in [5, 5.41) is 22.6. The van der Waals surface area contributed by atoms with Gasteiger partial charge < -0.3 is 15.2 Å². The number of fused-ring (bicyclic) bond motifs is 1. The fourth-order valence-corrected chi connectivity index (χ4v) is 4.99. The maximum Gasteiger partial charge on any atom is 0.210 e. The molecular weight excluding hydrogens is 390 g/mol. The second-order valence-corrected chi connectivity index (χ2v) is 8.99. The van der Waals surface area contributed by atoms with Crippen molar-refractivity contribution in [2.75, 3.05) is 17.7 Å². The van der Waals surface area contributed by atoms with E-state index in [2.05, 4.69) is 39.8 Å². The highest BCUT2D eigenvalue weighted by Crippen LogP contribution is 2.33. The average molecular weight is 414 g/mol. The predicted molar refractivity (Wildman–Crippen MR) is 114 cm³/mol. The van der Waals surface area contributed by atoms with E-state index in [4.69, 9.17) is 4.74 Å². The summed E-state index contributed by atoms with van der Waals surface area (Å²) in [5.41, 5.74) is 3.63. The fraction of sp³-hybridized carbons (Fsp3) is 0.333. The van der Waals surface area contributed by atoms with E-state index in [1.807, 2.05) is 30.3 Å². The Labute approximate surface area is 173 Å². The Morgan fingerprint density at radius 2 is 1.96 bits per heavy atom. The van der Waals surface area contributed by atoms with E-state index in [0.29, 0.717) is 12.4 Å². The van der Waals surface area contributed by atoms with Gasteiger partial charge in [-0.15, -0.1) is 10.2 Å². The summed E-state index contributed by atoms with van der Waals surface area (Å²) < 4.78 is 6.87. The minimum absolute atomic E-state index is 0.0906. The van der Waals surface area contributed by atoms with Gasteiger partial charge in [0.1, 0.15) is 0 Å². The summed E-state index contributed by atoms with van der Waals surface area (Å²) in [5.74, 6) is 0.536. The number of hydrogen-bond acceptors (Lipinski definition) is 7. The van der Waals surface area contributed by atoms with Crippen molar-refractivity contribution in [2.24, 2.45) is 0 Å². The van der Waals surface area contributed by atoms with Gasteiger partial charge in [0.2, 0.25) is 5.13 Å². The Hall–Kier alpha value is -1.93. The molecule has 7 heteroatoms. The lowest BCUT2D eigenvalue weighted by Gasteiger charge is -2.26. The van der Waals surface area contributed by atoms with Gasteiger partial charge in [-0.05, 0) is 42.5 Å². The second kappa shape index (κ2) is 9.52. The molecule has 3 aromatic rings. The first-order valence-corrected chi connectivity index (χ1v) is 11.2. The van der Waals surface area contributed by atoms with E-state index >= 15 is 0 Å². The standard InChI is InChI=1S/C21H23N3O2S2/c25-17(13-26-19-12-6-8-15-7-4-5-11-18(15)19)14-27-21-24-23-20(28-21)22-16-9-2-1-3-10-16/h1-5,7,9-11,17,19,25H,6,8,12-14H2,(H,22,23)/t17-,19-/m0/s1. The number of aryl methyl sites for hydroxylation is 1. The molecule has 0 radical (unpaired) electrons. The molecule has 0 unspecified atom stereocenters. The molecule has 2 atom stereocenters. The van der Waals surface area contributed by atoms with Gasteiger partial charge in [0, 0.05) is 11.4 Å². The molecule has 2 aromatic carbocycles. The summed E-state index contributed by atoms with van der Waals surface area (Å²) in [6, 6.07) is 18.3. The Kier molecular flexibility index (Phi) is 6.59. The van der Waals surface area contributed by atoms with Crippen LogP contribution in [0.3, 0.4) is 0 Å². The minimum atomic E-state index is -0.534. The molecular formula is C21H23N3O2S2. The molecule has 0 bridgehead atoms. The van der Waals surface area contributed by atoms with Crippen LogP contribution in [0, 0.1) is 0 Å². The number of nitrogens with zero attached hydrogens (tertiary/aromatic N) is 2. The van der Waals surface area contributed by atoms with E-state index in [1.165, 1.54) is 34.2 Å². The number of aliphatic hydroxyl groups excluding tert-OH is 1. The summed E-state index contributed by atoms with van der Waals surface area (Å²) in [6.45, 7) is 0.333. The van der Waals surface area contributed by atoms with Crippen LogP contribution in [0.5, 0.6) is 0 Å². The van der Waals surface area contributed by atoms with Gasteiger partial charge in [-0.3, -0.25) is 0 Å². The van der Waals surface area contributed by atoms with E-state index in [-0.39, 0.29) is 6.10 Å². The number of rotatable bonds is 8. The van der Waals surface area contributed by atoms with E-state index in [9.17, 15) is 5.11 Å². The van der Waals surface area contributed by atoms with Crippen molar-refractivity contribution in [3.05, 3.63) is 65.7 Å². The van der Waals surface area contributed by atoms with Crippen LogP contribution in [0.15, 0.2) is 58.9 Å². The third-order valence-electron chi connectivity index (χ3n) is 4.63. The first-order valence-electron chi connectivity index (χ1n) is 9.44. The topological polar surface area (TPSA) is 67.3 Å². The molecule has 0 aliphatic heterocycles. The van der Waals surface area contributed by atoms with Crippen LogP contribution in [0.1, 0.15) is 30.1 Å². The number of hydrogen-bond donors (Lipinski definition) is 2. The molecule has 4 rings (SSSR count). The van der Waals surface area contributed by atoms with Gasteiger partial charge >= 0.3 is 0 Å². The first kappa shape index (κ1) is 19.4.